The summed E-state index contributed by atoms with van der Waals surface area (Å²) in [4.78, 5) is 4.33. The number of aromatic nitrogens is 5. The summed E-state index contributed by atoms with van der Waals surface area (Å²) in [5.74, 6) is 2.31. The van der Waals surface area contributed by atoms with Gasteiger partial charge in [0.25, 0.3) is 0 Å². The summed E-state index contributed by atoms with van der Waals surface area (Å²) in [5, 5.41) is 9.27. The van der Waals surface area contributed by atoms with Crippen LogP contribution in [-0.4, -0.2) is 31.2 Å². The molecule has 0 spiro atoms. The molecule has 0 amide bonds. The number of rotatable bonds is 4. The lowest BCUT2D eigenvalue weighted by molar-refractivity contribution is 0.416. The molecule has 0 radical (unpaired) electrons. The molecule has 2 heterocycles. The molecule has 0 saturated carbocycles. The van der Waals surface area contributed by atoms with E-state index >= 15 is 0 Å². The fourth-order valence-electron chi connectivity index (χ4n) is 1.87. The van der Waals surface area contributed by atoms with E-state index in [-0.39, 0.29) is 0 Å². The number of hydrogen-bond donors (Lipinski definition) is 0. The number of para-hydroxylation sites is 1. The Balaban J connectivity index is 1.95. The van der Waals surface area contributed by atoms with Gasteiger partial charge in [-0.15, -0.1) is 10.2 Å². The third-order valence-corrected chi connectivity index (χ3v) is 4.75. The number of nitrogens with zero attached hydrogens (tertiary/aromatic N) is 5. The molecule has 0 fully saturated rings. The lowest BCUT2D eigenvalue weighted by Gasteiger charge is -2.07. The molecule has 0 atom stereocenters. The molecule has 3 rings (SSSR count). The highest BCUT2D eigenvalue weighted by Crippen LogP contribution is 2.32. The summed E-state index contributed by atoms with van der Waals surface area (Å²) in [6.45, 7) is 1.87. The molecule has 2 aromatic heterocycles. The third-order valence-electron chi connectivity index (χ3n) is 2.87. The SMILES string of the molecule is COc1ccccc1-c1nnc(Sc2nc(C)ns2)n1C. The zero-order chi connectivity index (χ0) is 14.8. The van der Waals surface area contributed by atoms with E-state index in [1.807, 2.05) is 42.8 Å². The molecular formula is C13H13N5OS2. The Morgan fingerprint density at radius 1 is 1.24 bits per heavy atom. The molecule has 6 nitrogen and oxygen atoms in total. The molecule has 0 aliphatic heterocycles. The summed E-state index contributed by atoms with van der Waals surface area (Å²) >= 11 is 2.82. The van der Waals surface area contributed by atoms with Crippen molar-refractivity contribution in [3.8, 4) is 17.1 Å². The maximum Gasteiger partial charge on any atom is 0.198 e. The zero-order valence-electron chi connectivity index (χ0n) is 11.8. The molecule has 108 valence electrons. The molecule has 0 saturated heterocycles. The maximum atomic E-state index is 5.38. The highest BCUT2D eigenvalue weighted by Gasteiger charge is 2.16. The van der Waals surface area contributed by atoms with Gasteiger partial charge in [0.15, 0.2) is 15.3 Å². The van der Waals surface area contributed by atoms with Crippen LogP contribution in [0.4, 0.5) is 0 Å². The number of hydrogen-bond acceptors (Lipinski definition) is 7. The van der Waals surface area contributed by atoms with Crippen molar-refractivity contribution in [2.75, 3.05) is 7.11 Å². The molecule has 21 heavy (non-hydrogen) atoms. The number of aryl methyl sites for hydroxylation is 1. The van der Waals surface area contributed by atoms with Crippen LogP contribution < -0.4 is 4.74 Å². The summed E-state index contributed by atoms with van der Waals surface area (Å²) in [7, 11) is 3.58. The van der Waals surface area contributed by atoms with Crippen molar-refractivity contribution in [1.82, 2.24) is 24.1 Å². The van der Waals surface area contributed by atoms with Gasteiger partial charge in [0.1, 0.15) is 11.6 Å². The average Bonchev–Trinajstić information content (AvgIpc) is 3.06. The zero-order valence-corrected chi connectivity index (χ0v) is 13.4. The largest absolute Gasteiger partial charge is 0.496 e. The Morgan fingerprint density at radius 2 is 2.05 bits per heavy atom. The van der Waals surface area contributed by atoms with Crippen molar-refractivity contribution in [2.24, 2.45) is 7.05 Å². The minimum absolute atomic E-state index is 0.760. The van der Waals surface area contributed by atoms with Gasteiger partial charge in [-0.25, -0.2) is 4.98 Å². The van der Waals surface area contributed by atoms with Crippen molar-refractivity contribution in [2.45, 2.75) is 16.4 Å². The minimum Gasteiger partial charge on any atom is -0.496 e. The molecule has 0 unspecified atom stereocenters. The summed E-state index contributed by atoms with van der Waals surface area (Å²) in [6, 6.07) is 7.75. The van der Waals surface area contributed by atoms with E-state index in [0.717, 1.165) is 32.5 Å². The first-order valence-corrected chi connectivity index (χ1v) is 7.79. The van der Waals surface area contributed by atoms with Gasteiger partial charge < -0.3 is 9.30 Å². The van der Waals surface area contributed by atoms with Crippen LogP contribution in [0.1, 0.15) is 5.82 Å². The lowest BCUT2D eigenvalue weighted by atomic mass is 10.2. The standard InChI is InChI=1S/C13H13N5OS2/c1-8-14-13(21-17-8)20-12-16-15-11(18(12)2)9-6-4-5-7-10(9)19-3/h4-7H,1-3H3. The molecule has 0 bridgehead atoms. The number of benzene rings is 1. The van der Waals surface area contributed by atoms with Crippen LogP contribution in [0.5, 0.6) is 5.75 Å². The second-order valence-corrected chi connectivity index (χ2v) is 6.24. The first kappa shape index (κ1) is 14.0. The maximum absolute atomic E-state index is 5.38. The average molecular weight is 319 g/mol. The van der Waals surface area contributed by atoms with Crippen molar-refractivity contribution in [1.29, 1.82) is 0 Å². The van der Waals surface area contributed by atoms with E-state index in [2.05, 4.69) is 19.6 Å². The van der Waals surface area contributed by atoms with Crippen LogP contribution >= 0.6 is 23.3 Å². The van der Waals surface area contributed by atoms with E-state index < -0.39 is 0 Å². The van der Waals surface area contributed by atoms with Crippen LogP contribution in [0.2, 0.25) is 0 Å². The van der Waals surface area contributed by atoms with E-state index in [4.69, 9.17) is 4.74 Å². The Morgan fingerprint density at radius 3 is 2.76 bits per heavy atom. The van der Waals surface area contributed by atoms with E-state index in [9.17, 15) is 0 Å². The second kappa shape index (κ2) is 5.82. The van der Waals surface area contributed by atoms with Crippen molar-refractivity contribution in [3.05, 3.63) is 30.1 Å². The van der Waals surface area contributed by atoms with Gasteiger partial charge in [-0.1, -0.05) is 12.1 Å². The van der Waals surface area contributed by atoms with Crippen molar-refractivity contribution >= 4 is 23.3 Å². The summed E-state index contributed by atoms with van der Waals surface area (Å²) < 4.78 is 12.3. The molecule has 0 aliphatic carbocycles. The number of methoxy groups -OCH3 is 1. The van der Waals surface area contributed by atoms with E-state index in [1.165, 1.54) is 23.3 Å². The Bertz CT molecular complexity index is 768. The predicted molar refractivity (Wildman–Crippen MR) is 81.8 cm³/mol. The van der Waals surface area contributed by atoms with Gasteiger partial charge in [0.05, 0.1) is 12.7 Å². The first-order chi connectivity index (χ1) is 10.2. The molecule has 8 heteroatoms. The quantitative estimate of drug-likeness (QED) is 0.737. The minimum atomic E-state index is 0.760. The van der Waals surface area contributed by atoms with Gasteiger partial charge in [-0.2, -0.15) is 4.37 Å². The Labute approximate surface area is 130 Å². The van der Waals surface area contributed by atoms with Crippen molar-refractivity contribution < 1.29 is 4.74 Å². The molecule has 3 aromatic rings. The van der Waals surface area contributed by atoms with Gasteiger partial charge >= 0.3 is 0 Å². The van der Waals surface area contributed by atoms with Crippen LogP contribution in [0.3, 0.4) is 0 Å². The van der Waals surface area contributed by atoms with Gasteiger partial charge in [0, 0.05) is 7.05 Å². The Hall–Kier alpha value is -1.93. The fraction of sp³-hybridized carbons (Fsp3) is 0.231. The Kier molecular flexibility index (Phi) is 3.89. The third kappa shape index (κ3) is 2.77. The van der Waals surface area contributed by atoms with Gasteiger partial charge in [0.2, 0.25) is 0 Å². The highest BCUT2D eigenvalue weighted by atomic mass is 32.2. The monoisotopic (exact) mass is 319 g/mol. The molecule has 1 aromatic carbocycles. The first-order valence-electron chi connectivity index (χ1n) is 6.20. The molecule has 0 N–H and O–H groups in total. The lowest BCUT2D eigenvalue weighted by Crippen LogP contribution is -1.96. The van der Waals surface area contributed by atoms with E-state index in [0.29, 0.717) is 0 Å². The fourth-order valence-corrected chi connectivity index (χ4v) is 3.41. The summed E-state index contributed by atoms with van der Waals surface area (Å²) in [5.41, 5.74) is 0.912. The normalized spacial score (nSPS) is 10.8. The summed E-state index contributed by atoms with van der Waals surface area (Å²) in [6.07, 6.45) is 0. The van der Waals surface area contributed by atoms with Crippen molar-refractivity contribution in [3.63, 3.8) is 0 Å². The second-order valence-electron chi connectivity index (χ2n) is 4.28. The number of ether oxygens (including phenoxy) is 1. The smallest absolute Gasteiger partial charge is 0.198 e. The van der Waals surface area contributed by atoms with Crippen LogP contribution in [0, 0.1) is 6.92 Å². The molecule has 0 aliphatic rings. The van der Waals surface area contributed by atoms with Gasteiger partial charge in [-0.3, -0.25) is 0 Å². The topological polar surface area (TPSA) is 65.7 Å². The van der Waals surface area contributed by atoms with Crippen LogP contribution in [-0.2, 0) is 7.05 Å². The van der Waals surface area contributed by atoms with E-state index in [1.54, 1.807) is 7.11 Å². The predicted octanol–water partition coefficient (Wildman–Crippen LogP) is 2.80. The van der Waals surface area contributed by atoms with Crippen LogP contribution in [0.15, 0.2) is 33.8 Å². The van der Waals surface area contributed by atoms with Crippen LogP contribution in [0.25, 0.3) is 11.4 Å². The van der Waals surface area contributed by atoms with Gasteiger partial charge in [-0.05, 0) is 42.4 Å². The molecular weight excluding hydrogens is 306 g/mol. The highest BCUT2D eigenvalue weighted by molar-refractivity contribution is 8.00.